The summed E-state index contributed by atoms with van der Waals surface area (Å²) in [6.07, 6.45) is 0. The zero-order valence-electron chi connectivity index (χ0n) is 76.7. The monoisotopic (exact) mass is 1770 g/mol. The van der Waals surface area contributed by atoms with Gasteiger partial charge in [0.25, 0.3) is 0 Å². The van der Waals surface area contributed by atoms with Gasteiger partial charge in [0.05, 0.1) is 66.2 Å². The highest BCUT2D eigenvalue weighted by molar-refractivity contribution is 6.18. The lowest BCUT2D eigenvalue weighted by atomic mass is 9.82. The lowest BCUT2D eigenvalue weighted by Crippen LogP contribution is -2.14. The summed E-state index contributed by atoms with van der Waals surface area (Å²) in [5, 5.41) is 17.7. The normalized spacial score (nSPS) is 12.3. The van der Waals surface area contributed by atoms with Crippen LogP contribution in [0, 0.1) is 0 Å². The molecular formula is C133H90N6. The number of aromatic nitrogens is 6. The van der Waals surface area contributed by atoms with Crippen LogP contribution < -0.4 is 0 Å². The van der Waals surface area contributed by atoms with Crippen LogP contribution in [0.2, 0.25) is 0 Å². The van der Waals surface area contributed by atoms with E-state index in [1.807, 2.05) is 0 Å². The Morgan fingerprint density at radius 3 is 0.748 bits per heavy atom. The van der Waals surface area contributed by atoms with Gasteiger partial charge in [0, 0.05) is 104 Å². The van der Waals surface area contributed by atoms with Crippen LogP contribution in [0.5, 0.6) is 0 Å². The van der Waals surface area contributed by atoms with Crippen molar-refractivity contribution in [3.8, 4) is 101 Å². The SMILES string of the molecule is CC1(C)c2ccccc2-c2cc3c4cc(-c5ccc6c(c5)c5ccccc5n6-c5ccccc5)ccc4n(-c4ccccc4)c3cc21.c1ccc(-c2cccc(-n3c4ccccc4c4cc(-c5ccc6c(c5)c5ccccc5n6-c5cccc(-c6ccccc6)c5)ccc43)c2)cc1.c1ccc(-n2c3ccccc3c3cc(-c4ccc5c(c4)c4ccccc4n5-c4ccc5ccccc5c4)ccc32)cc1. The molecule has 6 nitrogen and oxygen atoms in total. The first-order valence-corrected chi connectivity index (χ1v) is 48.1. The minimum atomic E-state index is -0.0579. The highest BCUT2D eigenvalue weighted by Gasteiger charge is 2.37. The van der Waals surface area contributed by atoms with Crippen LogP contribution >= 0.6 is 0 Å². The molecule has 0 bridgehead atoms. The fourth-order valence-electron chi connectivity index (χ4n) is 22.8. The Hall–Kier alpha value is -18.1. The fourth-order valence-corrected chi connectivity index (χ4v) is 22.8. The molecule has 0 saturated heterocycles. The van der Waals surface area contributed by atoms with Gasteiger partial charge in [0.15, 0.2) is 0 Å². The van der Waals surface area contributed by atoms with E-state index in [0.717, 1.165) is 11.4 Å². The number of fused-ring (bicyclic) bond motifs is 22. The maximum Gasteiger partial charge on any atom is 0.0544 e. The van der Waals surface area contributed by atoms with Crippen molar-refractivity contribution in [3.05, 3.63) is 521 Å². The van der Waals surface area contributed by atoms with Crippen molar-refractivity contribution >= 4 is 142 Å². The minimum Gasteiger partial charge on any atom is -0.309 e. The second-order valence-corrected chi connectivity index (χ2v) is 37.4. The van der Waals surface area contributed by atoms with Gasteiger partial charge in [0.2, 0.25) is 0 Å². The third-order valence-corrected chi connectivity index (χ3v) is 29.3. The molecule has 29 rings (SSSR count). The van der Waals surface area contributed by atoms with Crippen LogP contribution in [0.15, 0.2) is 510 Å². The Labute approximate surface area is 804 Å². The minimum absolute atomic E-state index is 0.0579. The summed E-state index contributed by atoms with van der Waals surface area (Å²) in [5.41, 5.74) is 39.3. The predicted octanol–water partition coefficient (Wildman–Crippen LogP) is 35.4. The number of hydrogen-bond donors (Lipinski definition) is 0. The van der Waals surface area contributed by atoms with Crippen molar-refractivity contribution in [2.45, 2.75) is 19.3 Å². The van der Waals surface area contributed by atoms with Crippen molar-refractivity contribution in [1.82, 2.24) is 27.4 Å². The van der Waals surface area contributed by atoms with Crippen molar-refractivity contribution < 1.29 is 0 Å². The van der Waals surface area contributed by atoms with Crippen molar-refractivity contribution in [2.75, 3.05) is 0 Å². The molecule has 652 valence electrons. The third kappa shape index (κ3) is 13.3. The third-order valence-electron chi connectivity index (χ3n) is 29.3. The Bertz CT molecular complexity index is 9590. The average Bonchev–Trinajstić information content (AvgIpc) is 1.54. The van der Waals surface area contributed by atoms with Crippen LogP contribution in [0.4, 0.5) is 0 Å². The van der Waals surface area contributed by atoms with Crippen LogP contribution in [0.1, 0.15) is 25.0 Å². The molecule has 0 saturated carbocycles. The Morgan fingerprint density at radius 1 is 0.129 bits per heavy atom. The molecule has 0 aliphatic heterocycles. The van der Waals surface area contributed by atoms with E-state index in [2.05, 4.69) is 551 Å². The second-order valence-electron chi connectivity index (χ2n) is 37.4. The molecule has 0 N–H and O–H groups in total. The topological polar surface area (TPSA) is 29.6 Å². The molecule has 1 aliphatic carbocycles. The molecule has 0 atom stereocenters. The molecule has 6 heteroatoms. The van der Waals surface area contributed by atoms with Crippen molar-refractivity contribution in [2.24, 2.45) is 0 Å². The van der Waals surface area contributed by atoms with Gasteiger partial charge in [-0.15, -0.1) is 0 Å². The Balaban J connectivity index is 0.000000105. The van der Waals surface area contributed by atoms with Gasteiger partial charge < -0.3 is 27.4 Å². The summed E-state index contributed by atoms with van der Waals surface area (Å²) in [6.45, 7) is 4.73. The van der Waals surface area contributed by atoms with Gasteiger partial charge in [-0.2, -0.15) is 0 Å². The molecule has 0 radical (unpaired) electrons. The molecule has 1 aliphatic rings. The van der Waals surface area contributed by atoms with E-state index >= 15 is 0 Å². The summed E-state index contributed by atoms with van der Waals surface area (Å²) in [4.78, 5) is 0. The first-order valence-electron chi connectivity index (χ1n) is 48.1. The highest BCUT2D eigenvalue weighted by atomic mass is 15.0. The lowest BCUT2D eigenvalue weighted by Gasteiger charge is -2.21. The maximum absolute atomic E-state index is 2.46. The highest BCUT2D eigenvalue weighted by Crippen LogP contribution is 2.53. The fraction of sp³-hybridized carbons (Fsp3) is 0.0226. The van der Waals surface area contributed by atoms with Gasteiger partial charge in [-0.05, 0) is 277 Å². The lowest BCUT2D eigenvalue weighted by molar-refractivity contribution is 0.661. The molecule has 0 unspecified atom stereocenters. The molecular weight excluding hydrogens is 1680 g/mol. The van der Waals surface area contributed by atoms with E-state index in [9.17, 15) is 0 Å². The number of benzene rings is 22. The molecule has 0 spiro atoms. The Kier molecular flexibility index (Phi) is 18.9. The zero-order valence-corrected chi connectivity index (χ0v) is 76.7. The van der Waals surface area contributed by atoms with Gasteiger partial charge in [-0.1, -0.05) is 335 Å². The van der Waals surface area contributed by atoms with Gasteiger partial charge >= 0.3 is 0 Å². The van der Waals surface area contributed by atoms with E-state index < -0.39 is 0 Å². The smallest absolute Gasteiger partial charge is 0.0544 e. The van der Waals surface area contributed by atoms with E-state index in [-0.39, 0.29) is 5.41 Å². The second kappa shape index (κ2) is 32.6. The molecule has 6 heterocycles. The van der Waals surface area contributed by atoms with Gasteiger partial charge in [-0.25, -0.2) is 0 Å². The van der Waals surface area contributed by atoms with Gasteiger partial charge in [-0.3, -0.25) is 0 Å². The summed E-state index contributed by atoms with van der Waals surface area (Å²) >= 11 is 0. The number of nitrogens with zero attached hydrogens (tertiary/aromatic N) is 6. The number of para-hydroxylation sites is 8. The van der Waals surface area contributed by atoms with Crippen LogP contribution in [-0.4, -0.2) is 27.4 Å². The average molecular weight is 1770 g/mol. The van der Waals surface area contributed by atoms with Crippen molar-refractivity contribution in [1.29, 1.82) is 0 Å². The summed E-state index contributed by atoms with van der Waals surface area (Å²) in [7, 11) is 0. The molecule has 0 amide bonds. The molecule has 22 aromatic carbocycles. The zero-order chi connectivity index (χ0) is 91.9. The van der Waals surface area contributed by atoms with E-state index in [4.69, 9.17) is 0 Å². The number of rotatable bonds is 11. The molecule has 0 fully saturated rings. The summed E-state index contributed by atoms with van der Waals surface area (Å²) in [6, 6.07) is 186. The van der Waals surface area contributed by atoms with Crippen LogP contribution in [0.3, 0.4) is 0 Å². The molecule has 139 heavy (non-hydrogen) atoms. The Morgan fingerprint density at radius 2 is 0.381 bits per heavy atom. The molecule has 6 aromatic heterocycles. The van der Waals surface area contributed by atoms with Crippen molar-refractivity contribution in [3.63, 3.8) is 0 Å². The standard InChI is InChI=1S/C48H32N2.C45H32N2.C40H26N2/c1-3-13-33(14-4-1)35-17-11-19-39(29-35)49-45-23-9-7-21-41(45)43-31-37(25-27-47(43)49)38-26-28-48-44(32-38)42-22-8-10-24-46(42)50(48)40-20-12-18-36(30-40)34-15-5-2-6-16-34;1-45(2)39-19-11-9-17-33(39)35-27-38-37-26-30(22-24-43(37)47(44(38)28-40(35)45)32-15-7-4-8-16-32)29-21-23-42-36(25-29)34-18-10-12-20-41(34)46(42)31-13-5-3-6-14-31;1-2-12-31(13-3-1)41-37-16-8-6-14-33(37)35-25-29(19-22-39(35)41)30-20-23-40-36(26-30)34-15-7-9-17-38(34)42(40)32-21-18-27-10-4-5-11-28(27)24-32/h1-32H;3-28H,1-2H3;1-26H. The van der Waals surface area contributed by atoms with Crippen LogP contribution in [0.25, 0.3) is 242 Å². The number of hydrogen-bond acceptors (Lipinski definition) is 0. The largest absolute Gasteiger partial charge is 0.309 e. The maximum atomic E-state index is 2.46. The van der Waals surface area contributed by atoms with E-state index in [1.165, 1.54) is 242 Å². The summed E-state index contributed by atoms with van der Waals surface area (Å²) in [5.74, 6) is 0. The van der Waals surface area contributed by atoms with Crippen LogP contribution in [-0.2, 0) is 5.41 Å². The van der Waals surface area contributed by atoms with Gasteiger partial charge in [0.1, 0.15) is 0 Å². The first-order chi connectivity index (χ1) is 68.7. The van der Waals surface area contributed by atoms with E-state index in [1.54, 1.807) is 0 Å². The quantitative estimate of drug-likeness (QED) is 0.124. The first kappa shape index (κ1) is 80.5. The predicted molar refractivity (Wildman–Crippen MR) is 588 cm³/mol. The summed E-state index contributed by atoms with van der Waals surface area (Å²) < 4.78 is 14.4. The molecule has 28 aromatic rings. The van der Waals surface area contributed by atoms with E-state index in [0.29, 0.717) is 0 Å².